The van der Waals surface area contributed by atoms with Gasteiger partial charge in [-0.1, -0.05) is 23.2 Å². The first-order valence-corrected chi connectivity index (χ1v) is 7.21. The molecule has 0 saturated heterocycles. The molecule has 1 atom stereocenters. The highest BCUT2D eigenvalue weighted by atomic mass is 35.5. The van der Waals surface area contributed by atoms with Gasteiger partial charge < -0.3 is 5.11 Å². The summed E-state index contributed by atoms with van der Waals surface area (Å²) in [5.41, 5.74) is 2.95. The SMILES string of the molecule is CCn1nc(C)c(Cl)c1CC(O)c1c(C)nn(C)c1Cl. The highest BCUT2D eigenvalue weighted by molar-refractivity contribution is 6.32. The normalized spacial score (nSPS) is 12.9. The van der Waals surface area contributed by atoms with Crippen molar-refractivity contribution in [1.82, 2.24) is 19.6 Å². The lowest BCUT2D eigenvalue weighted by atomic mass is 10.1. The van der Waals surface area contributed by atoms with Crippen LogP contribution in [0.25, 0.3) is 0 Å². The Morgan fingerprint density at radius 2 is 1.85 bits per heavy atom. The number of hydrogen-bond acceptors (Lipinski definition) is 3. The molecule has 0 spiro atoms. The Morgan fingerprint density at radius 1 is 1.20 bits per heavy atom. The van der Waals surface area contributed by atoms with Crippen LogP contribution in [0.1, 0.15) is 35.7 Å². The van der Waals surface area contributed by atoms with Gasteiger partial charge in [0.1, 0.15) is 5.15 Å². The molecule has 0 aromatic carbocycles. The molecule has 2 heterocycles. The molecule has 0 aliphatic carbocycles. The molecule has 1 unspecified atom stereocenters. The number of rotatable bonds is 4. The molecule has 7 heteroatoms. The third-order valence-electron chi connectivity index (χ3n) is 3.37. The highest BCUT2D eigenvalue weighted by Crippen LogP contribution is 2.31. The zero-order chi connectivity index (χ0) is 15.0. The van der Waals surface area contributed by atoms with E-state index < -0.39 is 6.10 Å². The first kappa shape index (κ1) is 15.4. The summed E-state index contributed by atoms with van der Waals surface area (Å²) in [5.74, 6) is 0. The predicted molar refractivity (Wildman–Crippen MR) is 79.3 cm³/mol. The fourth-order valence-electron chi connectivity index (χ4n) is 2.37. The largest absolute Gasteiger partial charge is 0.388 e. The standard InChI is InChI=1S/C13H18Cl2N4O/c1-5-19-9(12(14)8(3)17-19)6-10(20)11-7(2)16-18(4)13(11)15/h10,20H,5-6H2,1-4H3. The van der Waals surface area contributed by atoms with E-state index in [1.807, 2.05) is 20.8 Å². The van der Waals surface area contributed by atoms with E-state index >= 15 is 0 Å². The molecular weight excluding hydrogens is 299 g/mol. The van der Waals surface area contributed by atoms with Crippen molar-refractivity contribution in [1.29, 1.82) is 0 Å². The number of aromatic nitrogens is 4. The molecular formula is C13H18Cl2N4O. The number of aliphatic hydroxyl groups excluding tert-OH is 1. The summed E-state index contributed by atoms with van der Waals surface area (Å²) >= 11 is 12.4. The minimum absolute atomic E-state index is 0.361. The van der Waals surface area contributed by atoms with Gasteiger partial charge in [-0.25, -0.2) is 0 Å². The van der Waals surface area contributed by atoms with Gasteiger partial charge in [0.15, 0.2) is 0 Å². The van der Waals surface area contributed by atoms with Crippen molar-refractivity contribution in [3.63, 3.8) is 0 Å². The van der Waals surface area contributed by atoms with Crippen molar-refractivity contribution in [3.8, 4) is 0 Å². The van der Waals surface area contributed by atoms with E-state index in [0.717, 1.165) is 17.1 Å². The van der Waals surface area contributed by atoms with Crippen LogP contribution in [-0.2, 0) is 20.0 Å². The Kier molecular flexibility index (Phi) is 4.42. The summed E-state index contributed by atoms with van der Waals surface area (Å²) in [4.78, 5) is 0. The van der Waals surface area contributed by atoms with Crippen molar-refractivity contribution >= 4 is 23.2 Å². The van der Waals surface area contributed by atoms with Crippen LogP contribution < -0.4 is 0 Å². The molecule has 0 bridgehead atoms. The van der Waals surface area contributed by atoms with Crippen molar-refractivity contribution < 1.29 is 5.11 Å². The van der Waals surface area contributed by atoms with E-state index in [9.17, 15) is 5.11 Å². The van der Waals surface area contributed by atoms with E-state index in [4.69, 9.17) is 23.2 Å². The molecule has 5 nitrogen and oxygen atoms in total. The number of nitrogens with zero attached hydrogens (tertiary/aromatic N) is 4. The smallest absolute Gasteiger partial charge is 0.132 e. The van der Waals surface area contributed by atoms with E-state index in [-0.39, 0.29) is 0 Å². The summed E-state index contributed by atoms with van der Waals surface area (Å²) in [7, 11) is 1.75. The van der Waals surface area contributed by atoms with Crippen LogP contribution in [0.2, 0.25) is 10.2 Å². The van der Waals surface area contributed by atoms with Crippen molar-refractivity contribution in [2.45, 2.75) is 39.8 Å². The summed E-state index contributed by atoms with van der Waals surface area (Å²) < 4.78 is 3.36. The molecule has 2 aromatic rings. The van der Waals surface area contributed by atoms with Crippen LogP contribution in [-0.4, -0.2) is 24.7 Å². The van der Waals surface area contributed by atoms with Gasteiger partial charge >= 0.3 is 0 Å². The maximum atomic E-state index is 10.5. The highest BCUT2D eigenvalue weighted by Gasteiger charge is 2.23. The van der Waals surface area contributed by atoms with Crippen LogP contribution in [0.5, 0.6) is 0 Å². The van der Waals surface area contributed by atoms with Crippen LogP contribution >= 0.6 is 23.2 Å². The van der Waals surface area contributed by atoms with E-state index in [0.29, 0.717) is 28.7 Å². The molecule has 1 N–H and O–H groups in total. The first-order chi connectivity index (χ1) is 9.36. The van der Waals surface area contributed by atoms with E-state index in [1.165, 1.54) is 0 Å². The summed E-state index contributed by atoms with van der Waals surface area (Å²) in [6, 6.07) is 0. The molecule has 0 aliphatic heterocycles. The molecule has 2 aromatic heterocycles. The third kappa shape index (κ3) is 2.57. The van der Waals surface area contributed by atoms with E-state index in [1.54, 1.807) is 16.4 Å². The second-order valence-electron chi connectivity index (χ2n) is 4.80. The minimum atomic E-state index is -0.755. The maximum Gasteiger partial charge on any atom is 0.132 e. The predicted octanol–water partition coefficient (Wildman–Crippen LogP) is 2.84. The van der Waals surface area contributed by atoms with Crippen LogP contribution in [0.3, 0.4) is 0 Å². The summed E-state index contributed by atoms with van der Waals surface area (Å²) in [6.07, 6.45) is -0.394. The van der Waals surface area contributed by atoms with Crippen LogP contribution in [0.4, 0.5) is 0 Å². The lowest BCUT2D eigenvalue weighted by Gasteiger charge is -2.12. The maximum absolute atomic E-state index is 10.5. The second-order valence-corrected chi connectivity index (χ2v) is 5.53. The van der Waals surface area contributed by atoms with E-state index in [2.05, 4.69) is 10.2 Å². The van der Waals surface area contributed by atoms with Gasteiger partial charge in [-0.2, -0.15) is 10.2 Å². The molecule has 20 heavy (non-hydrogen) atoms. The lowest BCUT2D eigenvalue weighted by molar-refractivity contribution is 0.175. The Bertz CT molecular complexity index is 633. The quantitative estimate of drug-likeness (QED) is 0.943. The van der Waals surface area contributed by atoms with Gasteiger partial charge in [0.2, 0.25) is 0 Å². The number of aryl methyl sites for hydroxylation is 4. The summed E-state index contributed by atoms with van der Waals surface area (Å²) in [5, 5.41) is 20.1. The van der Waals surface area contributed by atoms with Gasteiger partial charge in [-0.05, 0) is 20.8 Å². The number of halogens is 2. The van der Waals surface area contributed by atoms with Crippen LogP contribution in [0.15, 0.2) is 0 Å². The first-order valence-electron chi connectivity index (χ1n) is 6.45. The molecule has 0 radical (unpaired) electrons. The molecule has 110 valence electrons. The van der Waals surface area contributed by atoms with Crippen molar-refractivity contribution in [2.24, 2.45) is 7.05 Å². The fraction of sp³-hybridized carbons (Fsp3) is 0.538. The van der Waals surface area contributed by atoms with Crippen LogP contribution in [0, 0.1) is 13.8 Å². The number of hydrogen-bond donors (Lipinski definition) is 1. The van der Waals surface area contributed by atoms with Gasteiger partial charge in [0.25, 0.3) is 0 Å². The van der Waals surface area contributed by atoms with Gasteiger partial charge in [-0.15, -0.1) is 0 Å². The Morgan fingerprint density at radius 3 is 2.35 bits per heavy atom. The summed E-state index contributed by atoms with van der Waals surface area (Å²) in [6.45, 7) is 6.37. The molecule has 0 saturated carbocycles. The third-order valence-corrected chi connectivity index (χ3v) is 4.31. The Balaban J connectivity index is 2.35. The second kappa shape index (κ2) is 5.76. The molecule has 0 fully saturated rings. The Hall–Kier alpha value is -1.04. The Labute approximate surface area is 128 Å². The monoisotopic (exact) mass is 316 g/mol. The minimum Gasteiger partial charge on any atom is -0.388 e. The zero-order valence-corrected chi connectivity index (χ0v) is 13.5. The average Bonchev–Trinajstić information content (AvgIpc) is 2.80. The molecule has 0 aliphatic rings. The molecule has 2 rings (SSSR count). The fourth-order valence-corrected chi connectivity index (χ4v) is 2.89. The van der Waals surface area contributed by atoms with Gasteiger partial charge in [0.05, 0.1) is 28.2 Å². The van der Waals surface area contributed by atoms with Gasteiger partial charge in [-0.3, -0.25) is 9.36 Å². The van der Waals surface area contributed by atoms with Crippen molar-refractivity contribution in [3.05, 3.63) is 32.8 Å². The van der Waals surface area contributed by atoms with Gasteiger partial charge in [0, 0.05) is 25.6 Å². The zero-order valence-electron chi connectivity index (χ0n) is 12.0. The molecule has 0 amide bonds. The number of aliphatic hydroxyl groups is 1. The average molecular weight is 317 g/mol. The van der Waals surface area contributed by atoms with Crippen molar-refractivity contribution in [2.75, 3.05) is 0 Å². The lowest BCUT2D eigenvalue weighted by Crippen LogP contribution is -2.09. The topological polar surface area (TPSA) is 55.9 Å².